The molecular weight excluding hydrogens is 274 g/mol. The van der Waals surface area contributed by atoms with Gasteiger partial charge in [-0.25, -0.2) is 0 Å². The van der Waals surface area contributed by atoms with Crippen molar-refractivity contribution in [2.75, 3.05) is 38.2 Å². The van der Waals surface area contributed by atoms with Gasteiger partial charge in [0, 0.05) is 30.6 Å². The fraction of sp³-hybridized carbons (Fsp3) is 0.357. The molecule has 20 heavy (non-hydrogen) atoms. The van der Waals surface area contributed by atoms with E-state index in [1.807, 2.05) is 7.05 Å². The van der Waals surface area contributed by atoms with Crippen LogP contribution in [0.1, 0.15) is 5.56 Å². The van der Waals surface area contributed by atoms with Crippen LogP contribution < -0.4 is 9.64 Å². The Morgan fingerprint density at radius 2 is 2.25 bits per heavy atom. The van der Waals surface area contributed by atoms with Crippen LogP contribution in [0.3, 0.4) is 0 Å². The molecule has 3 aliphatic heterocycles. The Morgan fingerprint density at radius 1 is 1.35 bits per heavy atom. The van der Waals surface area contributed by atoms with Crippen LogP contribution in [-0.4, -0.2) is 48.5 Å². The van der Waals surface area contributed by atoms with Gasteiger partial charge in [-0.1, -0.05) is 11.8 Å². The first-order chi connectivity index (χ1) is 9.74. The molecule has 0 spiro atoms. The second-order valence-electron chi connectivity index (χ2n) is 5.05. The number of amidine groups is 1. The maximum Gasteiger partial charge on any atom is 0.168 e. The number of phenolic OH excluding ortho intramolecular Hbond substituents is 1. The van der Waals surface area contributed by atoms with Crippen LogP contribution in [0.5, 0.6) is 11.5 Å². The highest BCUT2D eigenvalue weighted by Crippen LogP contribution is 2.45. The second-order valence-corrected chi connectivity index (χ2v) is 5.89. The molecule has 0 saturated carbocycles. The van der Waals surface area contributed by atoms with Gasteiger partial charge in [0.1, 0.15) is 12.4 Å². The highest BCUT2D eigenvalue weighted by molar-refractivity contribution is 8.16. The van der Waals surface area contributed by atoms with Crippen LogP contribution in [0.15, 0.2) is 22.5 Å². The van der Waals surface area contributed by atoms with E-state index in [9.17, 15) is 5.11 Å². The smallest absolute Gasteiger partial charge is 0.168 e. The minimum Gasteiger partial charge on any atom is -0.508 e. The molecule has 0 fully saturated rings. The number of thioether (sulfide) groups is 1. The standard InChI is InChI=1S/C14H15N3O2S/c1-16-4-5-19-13-10(6-9(18)7-11(13)16)12-8-20-14-15-2-3-17(12)14/h6-8,18H,2-5H2,1H3. The topological polar surface area (TPSA) is 48.3 Å². The zero-order valence-electron chi connectivity index (χ0n) is 11.2. The van der Waals surface area contributed by atoms with E-state index >= 15 is 0 Å². The highest BCUT2D eigenvalue weighted by atomic mass is 32.2. The molecule has 0 amide bonds. The summed E-state index contributed by atoms with van der Waals surface area (Å²) in [5.74, 6) is 1.13. The predicted molar refractivity (Wildman–Crippen MR) is 81.4 cm³/mol. The number of ether oxygens (including phenoxy) is 1. The van der Waals surface area contributed by atoms with Crippen LogP contribution in [0, 0.1) is 0 Å². The van der Waals surface area contributed by atoms with Gasteiger partial charge in [0.15, 0.2) is 10.9 Å². The molecule has 0 saturated heterocycles. The summed E-state index contributed by atoms with van der Waals surface area (Å²) in [6.07, 6.45) is 0. The number of nitrogens with zero attached hydrogens (tertiary/aromatic N) is 3. The first-order valence-corrected chi connectivity index (χ1v) is 7.52. The Bertz CT molecular complexity index is 642. The van der Waals surface area contributed by atoms with Crippen molar-refractivity contribution in [1.29, 1.82) is 0 Å². The molecule has 4 rings (SSSR count). The quantitative estimate of drug-likeness (QED) is 0.856. The van der Waals surface area contributed by atoms with Crippen molar-refractivity contribution in [2.24, 2.45) is 4.99 Å². The summed E-state index contributed by atoms with van der Waals surface area (Å²) in [6.45, 7) is 3.23. The molecule has 0 aromatic heterocycles. The van der Waals surface area contributed by atoms with Crippen LogP contribution in [0.4, 0.5) is 5.69 Å². The van der Waals surface area contributed by atoms with Gasteiger partial charge in [0.25, 0.3) is 0 Å². The van der Waals surface area contributed by atoms with Crippen molar-refractivity contribution in [3.63, 3.8) is 0 Å². The minimum atomic E-state index is 0.270. The van der Waals surface area contributed by atoms with Gasteiger partial charge in [0.05, 0.1) is 24.5 Å². The summed E-state index contributed by atoms with van der Waals surface area (Å²) in [4.78, 5) is 8.77. The number of likely N-dealkylation sites (N-methyl/N-ethyl adjacent to an activating group) is 1. The summed E-state index contributed by atoms with van der Waals surface area (Å²) >= 11 is 1.64. The number of fused-ring (bicyclic) bond motifs is 2. The second kappa shape index (κ2) is 4.34. The van der Waals surface area contributed by atoms with Crippen molar-refractivity contribution in [3.8, 4) is 11.5 Å². The summed E-state index contributed by atoms with van der Waals surface area (Å²) in [7, 11) is 2.02. The van der Waals surface area contributed by atoms with Gasteiger partial charge in [-0.15, -0.1) is 0 Å². The van der Waals surface area contributed by atoms with Gasteiger partial charge in [0.2, 0.25) is 0 Å². The van der Waals surface area contributed by atoms with E-state index in [4.69, 9.17) is 4.74 Å². The van der Waals surface area contributed by atoms with E-state index < -0.39 is 0 Å². The number of rotatable bonds is 1. The molecule has 5 nitrogen and oxygen atoms in total. The van der Waals surface area contributed by atoms with Gasteiger partial charge in [-0.3, -0.25) is 4.99 Å². The summed E-state index contributed by atoms with van der Waals surface area (Å²) in [5.41, 5.74) is 2.97. The van der Waals surface area contributed by atoms with Crippen LogP contribution in [0.2, 0.25) is 0 Å². The van der Waals surface area contributed by atoms with Crippen molar-refractivity contribution in [2.45, 2.75) is 0 Å². The van der Waals surface area contributed by atoms with E-state index in [0.717, 1.165) is 47.5 Å². The average Bonchev–Trinajstić information content (AvgIpc) is 3.01. The van der Waals surface area contributed by atoms with Gasteiger partial charge in [-0.05, 0) is 6.07 Å². The lowest BCUT2D eigenvalue weighted by molar-refractivity contribution is 0.309. The fourth-order valence-electron chi connectivity index (χ4n) is 2.76. The van der Waals surface area contributed by atoms with Crippen LogP contribution in [0.25, 0.3) is 5.70 Å². The minimum absolute atomic E-state index is 0.270. The van der Waals surface area contributed by atoms with Gasteiger partial charge >= 0.3 is 0 Å². The lowest BCUT2D eigenvalue weighted by Gasteiger charge is -2.30. The first-order valence-electron chi connectivity index (χ1n) is 6.64. The van der Waals surface area contributed by atoms with Gasteiger partial charge in [-0.2, -0.15) is 0 Å². The fourth-order valence-corrected chi connectivity index (χ4v) is 3.72. The van der Waals surface area contributed by atoms with Crippen LogP contribution >= 0.6 is 11.8 Å². The number of hydrogen-bond acceptors (Lipinski definition) is 6. The van der Waals surface area contributed by atoms with E-state index in [2.05, 4.69) is 20.2 Å². The van der Waals surface area contributed by atoms with Crippen LogP contribution in [-0.2, 0) is 0 Å². The molecule has 1 aromatic carbocycles. The zero-order valence-corrected chi connectivity index (χ0v) is 12.0. The molecule has 3 heterocycles. The van der Waals surface area contributed by atoms with Crippen molar-refractivity contribution < 1.29 is 9.84 Å². The normalized spacial score (nSPS) is 20.2. The molecule has 104 valence electrons. The Labute approximate surface area is 121 Å². The maximum atomic E-state index is 10.0. The largest absolute Gasteiger partial charge is 0.508 e. The molecule has 1 N–H and O–H groups in total. The third-order valence-corrected chi connectivity index (χ3v) is 4.68. The molecule has 3 aliphatic rings. The van der Waals surface area contributed by atoms with Gasteiger partial charge < -0.3 is 19.6 Å². The molecule has 0 bridgehead atoms. The number of phenols is 1. The molecule has 0 radical (unpaired) electrons. The monoisotopic (exact) mass is 289 g/mol. The number of aliphatic imine (C=N–C) groups is 1. The molecule has 0 aliphatic carbocycles. The average molecular weight is 289 g/mol. The zero-order chi connectivity index (χ0) is 13.7. The summed E-state index contributed by atoms with van der Waals surface area (Å²) in [6, 6.07) is 3.55. The Morgan fingerprint density at radius 3 is 3.15 bits per heavy atom. The summed E-state index contributed by atoms with van der Waals surface area (Å²) in [5, 5.41) is 13.2. The molecule has 1 aromatic rings. The number of aromatic hydroxyl groups is 1. The van der Waals surface area contributed by atoms with Crippen molar-refractivity contribution >= 4 is 28.3 Å². The molecule has 6 heteroatoms. The molecular formula is C14H15N3O2S. The third kappa shape index (κ3) is 1.67. The first kappa shape index (κ1) is 12.0. The van der Waals surface area contributed by atoms with E-state index in [-0.39, 0.29) is 5.75 Å². The highest BCUT2D eigenvalue weighted by Gasteiger charge is 2.31. The lowest BCUT2D eigenvalue weighted by Crippen LogP contribution is -2.30. The SMILES string of the molecule is CN1CCOc2c(C3=CSC4=NCCN34)cc(O)cc21. The predicted octanol–water partition coefficient (Wildman–Crippen LogP) is 1.94. The van der Waals surface area contributed by atoms with Crippen molar-refractivity contribution in [1.82, 2.24) is 4.90 Å². The maximum absolute atomic E-state index is 10.0. The Kier molecular flexibility index (Phi) is 2.60. The molecule has 0 unspecified atom stereocenters. The van der Waals surface area contributed by atoms with Crippen molar-refractivity contribution in [3.05, 3.63) is 23.1 Å². The number of benzene rings is 1. The third-order valence-electron chi connectivity index (χ3n) is 3.78. The van der Waals surface area contributed by atoms with E-state index in [0.29, 0.717) is 6.61 Å². The number of hydrogen-bond donors (Lipinski definition) is 1. The van der Waals surface area contributed by atoms with E-state index in [1.54, 1.807) is 23.9 Å². The Balaban J connectivity index is 1.84. The summed E-state index contributed by atoms with van der Waals surface area (Å²) < 4.78 is 5.87. The molecule has 0 atom stereocenters. The number of anilines is 1. The van der Waals surface area contributed by atoms with E-state index in [1.165, 1.54) is 0 Å². The lowest BCUT2D eigenvalue weighted by atomic mass is 10.1. The Hall–Kier alpha value is -1.82.